The molecule has 0 radical (unpaired) electrons. The predicted octanol–water partition coefficient (Wildman–Crippen LogP) is 2.98. The third-order valence-corrected chi connectivity index (χ3v) is 3.84. The predicted molar refractivity (Wildman–Crippen MR) is 79.5 cm³/mol. The van der Waals surface area contributed by atoms with Crippen molar-refractivity contribution in [2.24, 2.45) is 7.05 Å². The maximum absolute atomic E-state index is 13.9. The van der Waals surface area contributed by atoms with Crippen LogP contribution in [-0.2, 0) is 19.9 Å². The Bertz CT molecular complexity index is 568. The lowest BCUT2D eigenvalue weighted by Crippen LogP contribution is -2.28. The fraction of sp³-hybridized carbons (Fsp3) is 0.400. The zero-order chi connectivity index (χ0) is 14.5. The van der Waals surface area contributed by atoms with Gasteiger partial charge in [-0.1, -0.05) is 23.7 Å². The number of aromatic nitrogens is 2. The van der Waals surface area contributed by atoms with E-state index in [1.165, 1.54) is 0 Å². The first-order valence-corrected chi connectivity index (χ1v) is 7.06. The van der Waals surface area contributed by atoms with Gasteiger partial charge in [0.15, 0.2) is 0 Å². The van der Waals surface area contributed by atoms with Gasteiger partial charge in [0.25, 0.3) is 0 Å². The Morgan fingerprint density at radius 3 is 2.90 bits per heavy atom. The van der Waals surface area contributed by atoms with Crippen LogP contribution in [0.5, 0.6) is 0 Å². The number of hydrogen-bond acceptors (Lipinski definition) is 2. The molecule has 2 aromatic rings. The molecule has 2 rings (SSSR count). The number of rotatable bonds is 6. The van der Waals surface area contributed by atoms with E-state index in [-0.39, 0.29) is 16.9 Å². The highest BCUT2D eigenvalue weighted by atomic mass is 35.5. The lowest BCUT2D eigenvalue weighted by Gasteiger charge is -2.16. The van der Waals surface area contributed by atoms with Gasteiger partial charge in [-0.3, -0.25) is 0 Å². The van der Waals surface area contributed by atoms with Crippen molar-refractivity contribution < 1.29 is 4.39 Å². The van der Waals surface area contributed by atoms with E-state index in [2.05, 4.69) is 10.3 Å². The van der Waals surface area contributed by atoms with E-state index in [1.54, 1.807) is 24.4 Å². The summed E-state index contributed by atoms with van der Waals surface area (Å²) in [5.74, 6) is 0.725. The van der Waals surface area contributed by atoms with Gasteiger partial charge >= 0.3 is 0 Å². The second kappa shape index (κ2) is 6.86. The number of imidazole rings is 1. The molecule has 108 valence electrons. The van der Waals surface area contributed by atoms with Crippen molar-refractivity contribution in [2.75, 3.05) is 7.05 Å². The molecule has 0 spiro atoms. The summed E-state index contributed by atoms with van der Waals surface area (Å²) in [5.41, 5.74) is 0.650. The summed E-state index contributed by atoms with van der Waals surface area (Å²) in [6.07, 6.45) is 6.10. The molecule has 0 saturated carbocycles. The standard InChI is InChI=1S/C15H19ClFN3/c1-18-12(6-7-14-19-8-9-20(14)2)10-11-4-3-5-13(16)15(11)17/h3-5,8-9,12,18H,6-7,10H2,1-2H3. The van der Waals surface area contributed by atoms with Crippen LogP contribution in [0.2, 0.25) is 5.02 Å². The number of nitrogens with zero attached hydrogens (tertiary/aromatic N) is 2. The molecule has 20 heavy (non-hydrogen) atoms. The van der Waals surface area contributed by atoms with E-state index in [1.807, 2.05) is 24.9 Å². The highest BCUT2D eigenvalue weighted by Gasteiger charge is 2.13. The molecular weight excluding hydrogens is 277 g/mol. The van der Waals surface area contributed by atoms with Crippen LogP contribution in [0.15, 0.2) is 30.6 Å². The van der Waals surface area contributed by atoms with Crippen molar-refractivity contribution >= 4 is 11.6 Å². The number of likely N-dealkylation sites (N-methyl/N-ethyl adjacent to an activating group) is 1. The molecule has 0 aliphatic carbocycles. The molecule has 0 fully saturated rings. The minimum atomic E-state index is -0.314. The molecule has 1 N–H and O–H groups in total. The van der Waals surface area contributed by atoms with E-state index in [9.17, 15) is 4.39 Å². The zero-order valence-corrected chi connectivity index (χ0v) is 12.5. The number of aryl methyl sites for hydroxylation is 2. The molecule has 0 aliphatic rings. The normalized spacial score (nSPS) is 12.6. The second-order valence-corrected chi connectivity index (χ2v) is 5.30. The molecule has 0 bridgehead atoms. The number of halogens is 2. The largest absolute Gasteiger partial charge is 0.338 e. The van der Waals surface area contributed by atoms with Crippen LogP contribution in [0, 0.1) is 5.82 Å². The fourth-order valence-corrected chi connectivity index (χ4v) is 2.45. The third kappa shape index (κ3) is 3.58. The number of hydrogen-bond donors (Lipinski definition) is 1. The van der Waals surface area contributed by atoms with Gasteiger partial charge in [0, 0.05) is 31.9 Å². The SMILES string of the molecule is CNC(CCc1nccn1C)Cc1cccc(Cl)c1F. The summed E-state index contributed by atoms with van der Waals surface area (Å²) >= 11 is 5.81. The minimum absolute atomic E-state index is 0.182. The Hall–Kier alpha value is -1.39. The third-order valence-electron chi connectivity index (χ3n) is 3.54. The lowest BCUT2D eigenvalue weighted by molar-refractivity contribution is 0.496. The van der Waals surface area contributed by atoms with E-state index >= 15 is 0 Å². The van der Waals surface area contributed by atoms with Crippen LogP contribution in [0.25, 0.3) is 0 Å². The number of nitrogens with one attached hydrogen (secondary N) is 1. The van der Waals surface area contributed by atoms with Crippen molar-refractivity contribution in [1.82, 2.24) is 14.9 Å². The van der Waals surface area contributed by atoms with Crippen LogP contribution in [0.4, 0.5) is 4.39 Å². The van der Waals surface area contributed by atoms with Crippen LogP contribution in [0.3, 0.4) is 0 Å². The Balaban J connectivity index is 1.99. The van der Waals surface area contributed by atoms with Crippen LogP contribution < -0.4 is 5.32 Å². The summed E-state index contributed by atoms with van der Waals surface area (Å²) in [5, 5.41) is 3.41. The number of benzene rings is 1. The first-order chi connectivity index (χ1) is 9.61. The maximum atomic E-state index is 13.9. The lowest BCUT2D eigenvalue weighted by atomic mass is 10.0. The summed E-state index contributed by atoms with van der Waals surface area (Å²) in [6.45, 7) is 0. The quantitative estimate of drug-likeness (QED) is 0.888. The van der Waals surface area contributed by atoms with Crippen LogP contribution in [0.1, 0.15) is 17.8 Å². The first kappa shape index (κ1) is 15.0. The highest BCUT2D eigenvalue weighted by molar-refractivity contribution is 6.30. The molecule has 0 aliphatic heterocycles. The average molecular weight is 296 g/mol. The smallest absolute Gasteiger partial charge is 0.145 e. The minimum Gasteiger partial charge on any atom is -0.338 e. The topological polar surface area (TPSA) is 29.9 Å². The van der Waals surface area contributed by atoms with Crippen molar-refractivity contribution in [1.29, 1.82) is 0 Å². The monoisotopic (exact) mass is 295 g/mol. The molecular formula is C15H19ClFN3. The summed E-state index contributed by atoms with van der Waals surface area (Å²) in [7, 11) is 3.87. The van der Waals surface area contributed by atoms with E-state index in [4.69, 9.17) is 11.6 Å². The molecule has 1 aromatic heterocycles. The van der Waals surface area contributed by atoms with Gasteiger partial charge in [0.05, 0.1) is 5.02 Å². The summed E-state index contributed by atoms with van der Waals surface area (Å²) in [4.78, 5) is 4.30. The van der Waals surface area contributed by atoms with Gasteiger partial charge in [-0.05, 0) is 31.5 Å². The van der Waals surface area contributed by atoms with Gasteiger partial charge in [0.1, 0.15) is 11.6 Å². The Labute approximate surface area is 123 Å². The molecule has 0 amide bonds. The summed E-state index contributed by atoms with van der Waals surface area (Å²) in [6, 6.07) is 5.33. The van der Waals surface area contributed by atoms with E-state index in [0.717, 1.165) is 18.7 Å². The Kier molecular flexibility index (Phi) is 5.15. The van der Waals surface area contributed by atoms with Gasteiger partial charge in [-0.25, -0.2) is 9.37 Å². The second-order valence-electron chi connectivity index (χ2n) is 4.90. The van der Waals surface area contributed by atoms with Crippen LogP contribution >= 0.6 is 11.6 Å². The maximum Gasteiger partial charge on any atom is 0.145 e. The molecule has 1 atom stereocenters. The molecule has 1 unspecified atom stereocenters. The Morgan fingerprint density at radius 2 is 2.25 bits per heavy atom. The molecule has 0 saturated heterocycles. The van der Waals surface area contributed by atoms with Gasteiger partial charge in [-0.2, -0.15) is 0 Å². The van der Waals surface area contributed by atoms with Crippen molar-refractivity contribution in [3.8, 4) is 0 Å². The zero-order valence-electron chi connectivity index (χ0n) is 11.7. The van der Waals surface area contributed by atoms with Crippen molar-refractivity contribution in [3.63, 3.8) is 0 Å². The summed E-state index contributed by atoms with van der Waals surface area (Å²) < 4.78 is 15.9. The van der Waals surface area contributed by atoms with Gasteiger partial charge in [0.2, 0.25) is 0 Å². The van der Waals surface area contributed by atoms with Crippen molar-refractivity contribution in [3.05, 3.63) is 52.8 Å². The van der Waals surface area contributed by atoms with E-state index < -0.39 is 0 Å². The highest BCUT2D eigenvalue weighted by Crippen LogP contribution is 2.20. The molecule has 1 heterocycles. The van der Waals surface area contributed by atoms with Crippen molar-refractivity contribution in [2.45, 2.75) is 25.3 Å². The first-order valence-electron chi connectivity index (χ1n) is 6.68. The van der Waals surface area contributed by atoms with Gasteiger partial charge < -0.3 is 9.88 Å². The fourth-order valence-electron chi connectivity index (χ4n) is 2.26. The molecule has 3 nitrogen and oxygen atoms in total. The van der Waals surface area contributed by atoms with Crippen LogP contribution in [-0.4, -0.2) is 22.6 Å². The molecule has 5 heteroatoms. The average Bonchev–Trinajstić information content (AvgIpc) is 2.85. The Morgan fingerprint density at radius 1 is 1.45 bits per heavy atom. The van der Waals surface area contributed by atoms with E-state index in [0.29, 0.717) is 12.0 Å². The molecule has 1 aromatic carbocycles. The van der Waals surface area contributed by atoms with Gasteiger partial charge in [-0.15, -0.1) is 0 Å².